The van der Waals surface area contributed by atoms with Crippen molar-refractivity contribution < 1.29 is 9.32 Å². The van der Waals surface area contributed by atoms with Crippen LogP contribution in [0.4, 0.5) is 0 Å². The smallest absolute Gasteiger partial charge is 0.253 e. The molecule has 33 heavy (non-hydrogen) atoms. The van der Waals surface area contributed by atoms with E-state index in [1.807, 2.05) is 41.3 Å². The van der Waals surface area contributed by atoms with Gasteiger partial charge in [0.25, 0.3) is 5.91 Å². The zero-order valence-electron chi connectivity index (χ0n) is 18.6. The van der Waals surface area contributed by atoms with Gasteiger partial charge in [-0.3, -0.25) is 9.69 Å². The summed E-state index contributed by atoms with van der Waals surface area (Å²) < 4.78 is 5.46. The second kappa shape index (κ2) is 8.48. The highest BCUT2D eigenvalue weighted by molar-refractivity contribution is 5.99. The second-order valence-corrected chi connectivity index (χ2v) is 9.00. The van der Waals surface area contributed by atoms with E-state index < -0.39 is 0 Å². The third-order valence-electron chi connectivity index (χ3n) is 6.86. The summed E-state index contributed by atoms with van der Waals surface area (Å²) in [5.41, 5.74) is 5.64. The largest absolute Gasteiger partial charge is 0.358 e. The Morgan fingerprint density at radius 1 is 1.00 bits per heavy atom. The Kier molecular flexibility index (Phi) is 5.19. The van der Waals surface area contributed by atoms with Crippen LogP contribution in [0.3, 0.4) is 0 Å². The average molecular weight is 442 g/mol. The first-order valence-corrected chi connectivity index (χ1v) is 11.8. The zero-order chi connectivity index (χ0) is 22.2. The predicted molar refractivity (Wildman–Crippen MR) is 126 cm³/mol. The van der Waals surface area contributed by atoms with Crippen molar-refractivity contribution in [1.82, 2.24) is 24.9 Å². The molecule has 2 aliphatic rings. The summed E-state index contributed by atoms with van der Waals surface area (Å²) in [4.78, 5) is 25.5. The third kappa shape index (κ3) is 3.93. The van der Waals surface area contributed by atoms with E-state index in [0.29, 0.717) is 31.3 Å². The lowest BCUT2D eigenvalue weighted by molar-refractivity contribution is 0.0615. The average Bonchev–Trinajstić information content (AvgIpc) is 3.49. The maximum atomic E-state index is 13.2. The molecule has 1 N–H and O–H groups in total. The first-order chi connectivity index (χ1) is 16.2. The van der Waals surface area contributed by atoms with Crippen LogP contribution in [0.2, 0.25) is 0 Å². The van der Waals surface area contributed by atoms with E-state index in [1.54, 1.807) is 0 Å². The number of rotatable bonds is 4. The lowest BCUT2D eigenvalue weighted by atomic mass is 9.95. The fourth-order valence-corrected chi connectivity index (χ4v) is 5.05. The fourth-order valence-electron chi connectivity index (χ4n) is 5.05. The number of carbonyl (C=O) groups excluding carboxylic acids is 1. The maximum absolute atomic E-state index is 13.2. The van der Waals surface area contributed by atoms with Gasteiger partial charge in [0, 0.05) is 53.9 Å². The van der Waals surface area contributed by atoms with Crippen molar-refractivity contribution in [2.75, 3.05) is 26.2 Å². The standard InChI is InChI=1S/C26H27N5O2/c32-26(19-10-11-23-21(16-19)20-8-4-5-9-22(20)27-23)31-14-12-30(13-15-31)17-24-28-25(29-33-24)18-6-2-1-3-7-18/h1-3,6-7,10-11,16,27H,4-5,8-9,12-15,17H2. The summed E-state index contributed by atoms with van der Waals surface area (Å²) in [5, 5.41) is 5.33. The Morgan fingerprint density at radius 3 is 2.67 bits per heavy atom. The first kappa shape index (κ1) is 20.2. The maximum Gasteiger partial charge on any atom is 0.253 e. The molecule has 7 heteroatoms. The van der Waals surface area contributed by atoms with Crippen molar-refractivity contribution in [2.24, 2.45) is 0 Å². The molecule has 7 nitrogen and oxygen atoms in total. The van der Waals surface area contributed by atoms with Crippen LogP contribution in [-0.4, -0.2) is 57.0 Å². The SMILES string of the molecule is O=C(c1ccc2[nH]c3c(c2c1)CCCC3)N1CCN(Cc2nc(-c3ccccc3)no2)CC1. The van der Waals surface area contributed by atoms with Crippen molar-refractivity contribution in [2.45, 2.75) is 32.2 Å². The van der Waals surface area contributed by atoms with E-state index in [4.69, 9.17) is 4.52 Å². The molecular weight excluding hydrogens is 414 g/mol. The number of hydrogen-bond acceptors (Lipinski definition) is 5. The number of amides is 1. The van der Waals surface area contributed by atoms with Gasteiger partial charge in [-0.2, -0.15) is 4.98 Å². The summed E-state index contributed by atoms with van der Waals surface area (Å²) in [6.07, 6.45) is 4.69. The first-order valence-electron chi connectivity index (χ1n) is 11.8. The fraction of sp³-hybridized carbons (Fsp3) is 0.346. The van der Waals surface area contributed by atoms with E-state index in [9.17, 15) is 4.79 Å². The molecule has 2 aromatic heterocycles. The number of aromatic nitrogens is 3. The Balaban J connectivity index is 1.10. The van der Waals surface area contributed by atoms with Crippen LogP contribution in [0.1, 0.15) is 40.3 Å². The van der Waals surface area contributed by atoms with Crippen LogP contribution < -0.4 is 0 Å². The molecule has 168 valence electrons. The highest BCUT2D eigenvalue weighted by atomic mass is 16.5. The quantitative estimate of drug-likeness (QED) is 0.517. The Morgan fingerprint density at radius 2 is 1.82 bits per heavy atom. The Hall–Kier alpha value is -3.45. The van der Waals surface area contributed by atoms with E-state index in [2.05, 4.69) is 32.2 Å². The van der Waals surface area contributed by atoms with Gasteiger partial charge < -0.3 is 14.4 Å². The van der Waals surface area contributed by atoms with Crippen LogP contribution in [0, 0.1) is 0 Å². The lowest BCUT2D eigenvalue weighted by Gasteiger charge is -2.34. The van der Waals surface area contributed by atoms with Crippen molar-refractivity contribution in [3.63, 3.8) is 0 Å². The number of nitrogens with zero attached hydrogens (tertiary/aromatic N) is 4. The molecule has 1 aliphatic heterocycles. The minimum atomic E-state index is 0.117. The highest BCUT2D eigenvalue weighted by Gasteiger charge is 2.24. The van der Waals surface area contributed by atoms with Gasteiger partial charge in [-0.25, -0.2) is 0 Å². The summed E-state index contributed by atoms with van der Waals surface area (Å²) in [5.74, 6) is 1.34. The van der Waals surface area contributed by atoms with Crippen molar-refractivity contribution in [3.05, 3.63) is 71.2 Å². The number of fused-ring (bicyclic) bond motifs is 3. The number of benzene rings is 2. The van der Waals surface area contributed by atoms with Crippen LogP contribution in [-0.2, 0) is 19.4 Å². The van der Waals surface area contributed by atoms with Crippen LogP contribution in [0.25, 0.3) is 22.3 Å². The molecule has 4 aromatic rings. The molecule has 1 amide bonds. The number of aryl methyl sites for hydroxylation is 2. The van der Waals surface area contributed by atoms with Gasteiger partial charge in [0.1, 0.15) is 0 Å². The monoisotopic (exact) mass is 441 g/mol. The van der Waals surface area contributed by atoms with Gasteiger partial charge in [0.2, 0.25) is 11.7 Å². The molecular formula is C26H27N5O2. The normalized spacial score (nSPS) is 16.8. The predicted octanol–water partition coefficient (Wildman–Crippen LogP) is 4.05. The summed E-state index contributed by atoms with van der Waals surface area (Å²) in [6, 6.07) is 16.0. The van der Waals surface area contributed by atoms with Gasteiger partial charge in [0.05, 0.1) is 6.54 Å². The van der Waals surface area contributed by atoms with Gasteiger partial charge >= 0.3 is 0 Å². The topological polar surface area (TPSA) is 78.3 Å². The van der Waals surface area contributed by atoms with E-state index in [-0.39, 0.29) is 5.91 Å². The molecule has 0 bridgehead atoms. The van der Waals surface area contributed by atoms with Gasteiger partial charge in [-0.05, 0) is 49.4 Å². The van der Waals surface area contributed by atoms with Crippen molar-refractivity contribution in [1.29, 1.82) is 0 Å². The number of piperazine rings is 1. The number of hydrogen-bond donors (Lipinski definition) is 1. The molecule has 3 heterocycles. The third-order valence-corrected chi connectivity index (χ3v) is 6.86. The molecule has 6 rings (SSSR count). The number of nitrogens with one attached hydrogen (secondary N) is 1. The second-order valence-electron chi connectivity index (χ2n) is 9.00. The van der Waals surface area contributed by atoms with Gasteiger partial charge in [-0.1, -0.05) is 35.5 Å². The Labute approximate surface area is 192 Å². The molecule has 0 unspecified atom stereocenters. The summed E-state index contributed by atoms with van der Waals surface area (Å²) in [7, 11) is 0. The molecule has 0 atom stereocenters. The molecule has 1 aliphatic carbocycles. The van der Waals surface area contributed by atoms with Gasteiger partial charge in [0.15, 0.2) is 0 Å². The van der Waals surface area contributed by atoms with Gasteiger partial charge in [-0.15, -0.1) is 0 Å². The van der Waals surface area contributed by atoms with E-state index >= 15 is 0 Å². The summed E-state index contributed by atoms with van der Waals surface area (Å²) >= 11 is 0. The lowest BCUT2D eigenvalue weighted by Crippen LogP contribution is -2.48. The summed E-state index contributed by atoms with van der Waals surface area (Å²) in [6.45, 7) is 3.57. The highest BCUT2D eigenvalue weighted by Crippen LogP contribution is 2.30. The Bertz CT molecular complexity index is 1280. The molecule has 2 aromatic carbocycles. The van der Waals surface area contributed by atoms with Crippen molar-refractivity contribution >= 4 is 16.8 Å². The molecule has 1 fully saturated rings. The molecule has 1 saturated heterocycles. The number of H-pyrrole nitrogens is 1. The number of carbonyl (C=O) groups is 1. The molecule has 0 radical (unpaired) electrons. The number of aromatic amines is 1. The van der Waals surface area contributed by atoms with E-state index in [1.165, 1.54) is 29.5 Å². The van der Waals surface area contributed by atoms with Crippen LogP contribution in [0.5, 0.6) is 0 Å². The minimum Gasteiger partial charge on any atom is -0.358 e. The van der Waals surface area contributed by atoms with Crippen LogP contribution >= 0.6 is 0 Å². The molecule has 0 spiro atoms. The van der Waals surface area contributed by atoms with Crippen molar-refractivity contribution in [3.8, 4) is 11.4 Å². The molecule has 0 saturated carbocycles. The van der Waals surface area contributed by atoms with Crippen LogP contribution in [0.15, 0.2) is 53.1 Å². The minimum absolute atomic E-state index is 0.117. The zero-order valence-corrected chi connectivity index (χ0v) is 18.6. The van der Waals surface area contributed by atoms with E-state index in [0.717, 1.165) is 42.6 Å².